The Morgan fingerprint density at radius 3 is 2.65 bits per heavy atom. The Kier molecular flexibility index (Phi) is 5.40. The van der Waals surface area contributed by atoms with Crippen LogP contribution in [0.1, 0.15) is 27.0 Å². The van der Waals surface area contributed by atoms with Crippen molar-refractivity contribution in [2.24, 2.45) is 0 Å². The minimum atomic E-state index is -0.171. The molecule has 7 heteroatoms. The molecule has 3 aromatic carbocycles. The Hall–Kier alpha value is -2.50. The number of allylic oxidation sites excluding steroid dienone is 1. The summed E-state index contributed by atoms with van der Waals surface area (Å²) in [7, 11) is 0. The quantitative estimate of drug-likeness (QED) is 0.402. The fourth-order valence-corrected chi connectivity index (χ4v) is 4.39. The summed E-state index contributed by atoms with van der Waals surface area (Å²) in [6.07, 6.45) is 1.67. The summed E-state index contributed by atoms with van der Waals surface area (Å²) in [6.45, 7) is 1.54. The summed E-state index contributed by atoms with van der Waals surface area (Å²) < 4.78 is 11.9. The maximum Gasteiger partial charge on any atom is 0.231 e. The number of fused-ring (bicyclic) bond motifs is 3. The average molecular weight is 473 g/mol. The molecule has 3 aromatic rings. The Balaban J connectivity index is 1.43. The number of rotatable bonds is 3. The van der Waals surface area contributed by atoms with Crippen molar-refractivity contribution in [3.8, 4) is 11.5 Å². The van der Waals surface area contributed by atoms with Gasteiger partial charge in [0, 0.05) is 28.2 Å². The molecule has 0 fully saturated rings. The van der Waals surface area contributed by atoms with Crippen molar-refractivity contribution in [3.63, 3.8) is 0 Å². The van der Waals surface area contributed by atoms with Crippen molar-refractivity contribution >= 4 is 46.7 Å². The highest BCUT2D eigenvalue weighted by Gasteiger charge is 2.33. The summed E-state index contributed by atoms with van der Waals surface area (Å²) in [5.41, 5.74) is 3.03. The van der Waals surface area contributed by atoms with Crippen molar-refractivity contribution in [1.29, 1.82) is 0 Å². The largest absolute Gasteiger partial charge is 0.478 e. The van der Waals surface area contributed by atoms with Gasteiger partial charge in [-0.15, -0.1) is 0 Å². The molecule has 0 spiro atoms. The minimum absolute atomic E-state index is 0.171. The zero-order valence-corrected chi connectivity index (χ0v) is 18.5. The van der Waals surface area contributed by atoms with Gasteiger partial charge in [-0.05, 0) is 47.5 Å². The van der Waals surface area contributed by atoms with Gasteiger partial charge in [-0.3, -0.25) is 9.69 Å². The third-order valence-corrected chi connectivity index (χ3v) is 6.21. The molecule has 2 heterocycles. The number of hydrogen-bond donors (Lipinski definition) is 0. The molecule has 0 aromatic heterocycles. The van der Waals surface area contributed by atoms with Crippen LogP contribution in [-0.4, -0.2) is 17.4 Å². The van der Waals surface area contributed by atoms with Crippen LogP contribution in [0, 0.1) is 0 Å². The van der Waals surface area contributed by atoms with Crippen molar-refractivity contribution in [1.82, 2.24) is 4.90 Å². The number of hydrogen-bond acceptors (Lipinski definition) is 4. The van der Waals surface area contributed by atoms with E-state index >= 15 is 0 Å². The molecular formula is C24H16Cl3NO3. The highest BCUT2D eigenvalue weighted by atomic mass is 35.5. The first kappa shape index (κ1) is 20.4. The molecule has 31 heavy (non-hydrogen) atoms. The number of carbonyl (C=O) groups is 1. The maximum atomic E-state index is 12.9. The van der Waals surface area contributed by atoms with Gasteiger partial charge in [0.1, 0.15) is 18.2 Å². The smallest absolute Gasteiger partial charge is 0.231 e. The molecule has 0 aliphatic carbocycles. The van der Waals surface area contributed by atoms with Gasteiger partial charge >= 0.3 is 0 Å². The highest BCUT2D eigenvalue weighted by molar-refractivity contribution is 6.35. The second-order valence-corrected chi connectivity index (χ2v) is 8.63. The summed E-state index contributed by atoms with van der Waals surface area (Å²) in [4.78, 5) is 15.0. The van der Waals surface area contributed by atoms with Crippen LogP contribution in [0.4, 0.5) is 0 Å². The Labute approximate surface area is 194 Å². The van der Waals surface area contributed by atoms with Crippen LogP contribution in [0.25, 0.3) is 6.08 Å². The third kappa shape index (κ3) is 3.92. The van der Waals surface area contributed by atoms with E-state index in [-0.39, 0.29) is 11.5 Å². The molecule has 5 rings (SSSR count). The van der Waals surface area contributed by atoms with Gasteiger partial charge in [0.15, 0.2) is 5.76 Å². The van der Waals surface area contributed by atoms with Crippen molar-refractivity contribution in [3.05, 3.63) is 97.7 Å². The lowest BCUT2D eigenvalue weighted by Gasteiger charge is -2.30. The SMILES string of the molecule is O=C1/C(=C/c2ccccc2Cl)Oc2c1ccc1c2CN(Cc2ccc(Cl)cc2Cl)CO1. The monoisotopic (exact) mass is 471 g/mol. The first-order valence-electron chi connectivity index (χ1n) is 9.63. The molecular weight excluding hydrogens is 457 g/mol. The zero-order chi connectivity index (χ0) is 21.5. The topological polar surface area (TPSA) is 38.8 Å². The number of ketones is 1. The molecule has 0 bridgehead atoms. The van der Waals surface area contributed by atoms with E-state index < -0.39 is 0 Å². The molecule has 156 valence electrons. The number of benzene rings is 3. The molecule has 0 saturated heterocycles. The first-order valence-corrected chi connectivity index (χ1v) is 10.8. The van der Waals surface area contributed by atoms with Gasteiger partial charge in [-0.25, -0.2) is 0 Å². The summed E-state index contributed by atoms with van der Waals surface area (Å²) in [6, 6.07) is 16.3. The standard InChI is InChI=1S/C24H16Cl3NO3/c25-16-6-5-15(20(27)10-16)11-28-12-18-21(30-13-28)8-7-17-23(29)22(31-24(17)18)9-14-3-1-2-4-19(14)26/h1-10H,11-13H2/b22-9-. The van der Waals surface area contributed by atoms with E-state index in [1.54, 1.807) is 24.3 Å². The molecule has 0 unspecified atom stereocenters. The van der Waals surface area contributed by atoms with Crippen molar-refractivity contribution < 1.29 is 14.3 Å². The normalized spacial score (nSPS) is 16.6. The van der Waals surface area contributed by atoms with Gasteiger partial charge < -0.3 is 9.47 Å². The third-order valence-electron chi connectivity index (χ3n) is 5.28. The lowest BCUT2D eigenvalue weighted by atomic mass is 10.0. The first-order chi connectivity index (χ1) is 15.0. The van der Waals surface area contributed by atoms with E-state index in [1.807, 2.05) is 36.4 Å². The van der Waals surface area contributed by atoms with E-state index in [4.69, 9.17) is 44.3 Å². The molecule has 4 nitrogen and oxygen atoms in total. The van der Waals surface area contributed by atoms with Gasteiger partial charge in [-0.1, -0.05) is 59.1 Å². The molecule has 0 atom stereocenters. The van der Waals surface area contributed by atoms with Gasteiger partial charge in [0.05, 0.1) is 11.1 Å². The van der Waals surface area contributed by atoms with Crippen LogP contribution in [0.5, 0.6) is 11.5 Å². The Morgan fingerprint density at radius 1 is 1.00 bits per heavy atom. The molecule has 0 N–H and O–H groups in total. The molecule has 0 radical (unpaired) electrons. The summed E-state index contributed by atoms with van der Waals surface area (Å²) in [5.74, 6) is 1.32. The zero-order valence-electron chi connectivity index (χ0n) is 16.2. The van der Waals surface area contributed by atoms with Gasteiger partial charge in [0.25, 0.3) is 0 Å². The summed E-state index contributed by atoms with van der Waals surface area (Å²) >= 11 is 18.6. The number of Topliss-reactive ketones (excluding diaryl/α,β-unsaturated/α-hetero) is 1. The predicted octanol–water partition coefficient (Wildman–Crippen LogP) is 6.62. The number of ether oxygens (including phenoxy) is 2. The Bertz CT molecular complexity index is 1240. The number of nitrogens with zero attached hydrogens (tertiary/aromatic N) is 1. The highest BCUT2D eigenvalue weighted by Crippen LogP contribution is 2.42. The van der Waals surface area contributed by atoms with Crippen molar-refractivity contribution in [2.45, 2.75) is 13.1 Å². The van der Waals surface area contributed by atoms with Crippen LogP contribution in [0.15, 0.2) is 60.4 Å². The van der Waals surface area contributed by atoms with Gasteiger partial charge in [0.2, 0.25) is 5.78 Å². The second kappa shape index (κ2) is 8.21. The molecule has 0 amide bonds. The lowest BCUT2D eigenvalue weighted by Crippen LogP contribution is -2.31. The fraction of sp³-hybridized carbons (Fsp3) is 0.125. The minimum Gasteiger partial charge on any atom is -0.478 e. The predicted molar refractivity (Wildman–Crippen MR) is 122 cm³/mol. The van der Waals surface area contributed by atoms with E-state index in [2.05, 4.69) is 4.90 Å². The summed E-state index contributed by atoms with van der Waals surface area (Å²) in [5, 5.41) is 1.75. The van der Waals surface area contributed by atoms with Crippen LogP contribution < -0.4 is 9.47 Å². The molecule has 2 aliphatic rings. The molecule has 2 aliphatic heterocycles. The van der Waals surface area contributed by atoms with E-state index in [9.17, 15) is 4.79 Å². The number of halogens is 3. The average Bonchev–Trinajstić information content (AvgIpc) is 3.08. The Morgan fingerprint density at radius 2 is 1.84 bits per heavy atom. The van der Waals surface area contributed by atoms with Gasteiger partial charge in [-0.2, -0.15) is 0 Å². The molecule has 0 saturated carbocycles. The van der Waals surface area contributed by atoms with Crippen LogP contribution in [-0.2, 0) is 13.1 Å². The van der Waals surface area contributed by atoms with E-state index in [1.165, 1.54) is 0 Å². The van der Waals surface area contributed by atoms with Crippen LogP contribution >= 0.6 is 34.8 Å². The van der Waals surface area contributed by atoms with E-state index in [0.29, 0.717) is 52.0 Å². The second-order valence-electron chi connectivity index (χ2n) is 7.38. The van der Waals surface area contributed by atoms with Crippen LogP contribution in [0.3, 0.4) is 0 Å². The van der Waals surface area contributed by atoms with E-state index in [0.717, 1.165) is 16.7 Å². The van der Waals surface area contributed by atoms with Crippen LogP contribution in [0.2, 0.25) is 15.1 Å². The number of carbonyl (C=O) groups excluding carboxylic acids is 1. The lowest BCUT2D eigenvalue weighted by molar-refractivity contribution is 0.0873. The maximum absolute atomic E-state index is 12.9. The van der Waals surface area contributed by atoms with Crippen molar-refractivity contribution in [2.75, 3.05) is 6.73 Å². The fourth-order valence-electron chi connectivity index (χ4n) is 3.73.